The van der Waals surface area contributed by atoms with Gasteiger partial charge in [-0.2, -0.15) is 5.10 Å². The Hall–Kier alpha value is -2.21. The summed E-state index contributed by atoms with van der Waals surface area (Å²) in [4.78, 5) is 19.4. The van der Waals surface area contributed by atoms with E-state index in [1.165, 1.54) is 0 Å². The zero-order valence-corrected chi connectivity index (χ0v) is 13.7. The Labute approximate surface area is 136 Å². The van der Waals surface area contributed by atoms with Crippen molar-refractivity contribution in [3.63, 3.8) is 0 Å². The molecule has 23 heavy (non-hydrogen) atoms. The number of nitrogens with one attached hydrogen (secondary N) is 1. The normalized spacial score (nSPS) is 16.4. The largest absolute Gasteiger partial charge is 0.309 e. The first-order chi connectivity index (χ1) is 11.2. The summed E-state index contributed by atoms with van der Waals surface area (Å²) >= 11 is 0. The van der Waals surface area contributed by atoms with Crippen LogP contribution in [-0.2, 0) is 11.3 Å². The summed E-state index contributed by atoms with van der Waals surface area (Å²) in [7, 11) is 0. The van der Waals surface area contributed by atoms with Gasteiger partial charge in [0.1, 0.15) is 11.9 Å². The number of carbonyl (C=O) groups is 1. The van der Waals surface area contributed by atoms with Crippen LogP contribution >= 0.6 is 0 Å². The van der Waals surface area contributed by atoms with E-state index < -0.39 is 0 Å². The number of nitrogens with zero attached hydrogens (tertiary/aromatic N) is 4. The number of aryl methyl sites for hydroxylation is 2. The minimum atomic E-state index is -0.300. The monoisotopic (exact) mass is 313 g/mol. The fraction of sp³-hybridized carbons (Fsp3) is 0.471. The maximum Gasteiger partial charge on any atom is 0.247 e. The lowest BCUT2D eigenvalue weighted by atomic mass is 10.1. The van der Waals surface area contributed by atoms with Gasteiger partial charge in [-0.25, -0.2) is 4.68 Å². The van der Waals surface area contributed by atoms with E-state index >= 15 is 0 Å². The average Bonchev–Trinajstić information content (AvgIpc) is 3.20. The van der Waals surface area contributed by atoms with E-state index in [2.05, 4.69) is 20.3 Å². The molecule has 3 rings (SSSR count). The molecular weight excluding hydrogens is 290 g/mol. The lowest BCUT2D eigenvalue weighted by Gasteiger charge is -2.26. The molecule has 1 fully saturated rings. The van der Waals surface area contributed by atoms with Crippen LogP contribution in [0.1, 0.15) is 36.9 Å². The highest BCUT2D eigenvalue weighted by Gasteiger charge is 2.30. The summed E-state index contributed by atoms with van der Waals surface area (Å²) in [6.07, 6.45) is 7.57. The summed E-state index contributed by atoms with van der Waals surface area (Å²) in [6, 6.07) is 3.55. The number of likely N-dealkylation sites (tertiary alicyclic amines) is 1. The SMILES string of the molecule is CCn1ncc(C)c1NC(=O)C(c1cccnc1)N1CCCC1. The van der Waals surface area contributed by atoms with Crippen LogP contribution in [-0.4, -0.2) is 38.7 Å². The zero-order valence-electron chi connectivity index (χ0n) is 13.7. The molecule has 1 N–H and O–H groups in total. The van der Waals surface area contributed by atoms with Crippen LogP contribution in [0.5, 0.6) is 0 Å². The minimum absolute atomic E-state index is 0.0156. The van der Waals surface area contributed by atoms with E-state index in [1.807, 2.05) is 30.7 Å². The van der Waals surface area contributed by atoms with Gasteiger partial charge in [-0.15, -0.1) is 0 Å². The summed E-state index contributed by atoms with van der Waals surface area (Å²) in [6.45, 7) is 6.59. The van der Waals surface area contributed by atoms with Gasteiger partial charge in [0, 0.05) is 24.5 Å². The number of hydrogen-bond donors (Lipinski definition) is 1. The first-order valence-electron chi connectivity index (χ1n) is 8.18. The van der Waals surface area contributed by atoms with Crippen molar-refractivity contribution in [3.05, 3.63) is 41.9 Å². The summed E-state index contributed by atoms with van der Waals surface area (Å²) in [5.41, 5.74) is 1.92. The van der Waals surface area contributed by atoms with Gasteiger partial charge in [-0.3, -0.25) is 14.7 Å². The summed E-state index contributed by atoms with van der Waals surface area (Å²) < 4.78 is 1.82. The molecule has 0 bridgehead atoms. The predicted molar refractivity (Wildman–Crippen MR) is 89.1 cm³/mol. The van der Waals surface area contributed by atoms with Gasteiger partial charge in [0.25, 0.3) is 0 Å². The van der Waals surface area contributed by atoms with E-state index in [1.54, 1.807) is 18.6 Å². The Morgan fingerprint density at radius 3 is 2.78 bits per heavy atom. The molecule has 1 atom stereocenters. The van der Waals surface area contributed by atoms with Crippen molar-refractivity contribution in [2.24, 2.45) is 0 Å². The Bertz CT molecular complexity index is 661. The maximum atomic E-state index is 13.0. The van der Waals surface area contributed by atoms with Gasteiger partial charge in [0.05, 0.1) is 6.20 Å². The second-order valence-corrected chi connectivity index (χ2v) is 5.91. The number of hydrogen-bond acceptors (Lipinski definition) is 4. The third kappa shape index (κ3) is 3.27. The number of pyridine rings is 1. The predicted octanol–water partition coefficient (Wildman–Crippen LogP) is 2.38. The van der Waals surface area contributed by atoms with Crippen molar-refractivity contribution in [2.45, 2.75) is 39.3 Å². The van der Waals surface area contributed by atoms with Crippen LogP contribution in [0.2, 0.25) is 0 Å². The van der Waals surface area contributed by atoms with Gasteiger partial charge in [0.2, 0.25) is 5.91 Å². The molecule has 1 amide bonds. The second kappa shape index (κ2) is 6.91. The van der Waals surface area contributed by atoms with Crippen LogP contribution < -0.4 is 5.32 Å². The quantitative estimate of drug-likeness (QED) is 0.920. The molecule has 3 heterocycles. The maximum absolute atomic E-state index is 13.0. The van der Waals surface area contributed by atoms with Crippen LogP contribution in [0.3, 0.4) is 0 Å². The number of rotatable bonds is 5. The topological polar surface area (TPSA) is 63.1 Å². The van der Waals surface area contributed by atoms with Crippen molar-refractivity contribution < 1.29 is 4.79 Å². The standard InChI is InChI=1S/C17H23N5O/c1-3-22-16(13(2)11-19-22)20-17(23)15(21-9-4-5-10-21)14-7-6-8-18-12-14/h6-8,11-12,15H,3-5,9-10H2,1-2H3,(H,20,23). The van der Waals surface area contributed by atoms with E-state index in [0.29, 0.717) is 0 Å². The average molecular weight is 313 g/mol. The van der Waals surface area contributed by atoms with Gasteiger partial charge in [-0.1, -0.05) is 6.07 Å². The Balaban J connectivity index is 1.87. The molecular formula is C17H23N5O. The van der Waals surface area contributed by atoms with E-state index in [9.17, 15) is 4.79 Å². The molecule has 1 unspecified atom stereocenters. The van der Waals surface area contributed by atoms with Crippen molar-refractivity contribution in [1.82, 2.24) is 19.7 Å². The summed E-state index contributed by atoms with van der Waals surface area (Å²) in [5, 5.41) is 7.37. The molecule has 0 spiro atoms. The molecule has 2 aromatic heterocycles. The van der Waals surface area contributed by atoms with Gasteiger partial charge < -0.3 is 5.32 Å². The second-order valence-electron chi connectivity index (χ2n) is 5.91. The Morgan fingerprint density at radius 2 is 2.13 bits per heavy atom. The van der Waals surface area contributed by atoms with Gasteiger partial charge in [0.15, 0.2) is 0 Å². The smallest absolute Gasteiger partial charge is 0.247 e. The first kappa shape index (κ1) is 15.7. The minimum Gasteiger partial charge on any atom is -0.309 e. The van der Waals surface area contributed by atoms with Crippen molar-refractivity contribution in [1.29, 1.82) is 0 Å². The molecule has 6 nitrogen and oxygen atoms in total. The highest BCUT2D eigenvalue weighted by Crippen LogP contribution is 2.26. The fourth-order valence-electron chi connectivity index (χ4n) is 3.13. The van der Waals surface area contributed by atoms with Crippen molar-refractivity contribution in [3.8, 4) is 0 Å². The van der Waals surface area contributed by atoms with Crippen LogP contribution in [0.4, 0.5) is 5.82 Å². The third-order valence-corrected chi connectivity index (χ3v) is 4.32. The van der Waals surface area contributed by atoms with Crippen LogP contribution in [0.25, 0.3) is 0 Å². The molecule has 6 heteroatoms. The Kier molecular flexibility index (Phi) is 4.71. The molecule has 1 saturated heterocycles. The Morgan fingerprint density at radius 1 is 1.35 bits per heavy atom. The lowest BCUT2D eigenvalue weighted by molar-refractivity contribution is -0.121. The van der Waals surface area contributed by atoms with Gasteiger partial charge >= 0.3 is 0 Å². The molecule has 0 radical (unpaired) electrons. The first-order valence-corrected chi connectivity index (χ1v) is 8.18. The number of anilines is 1. The molecule has 2 aromatic rings. The number of carbonyl (C=O) groups excluding carboxylic acids is 1. The van der Waals surface area contributed by atoms with E-state index in [0.717, 1.165) is 49.4 Å². The molecule has 0 saturated carbocycles. The van der Waals surface area contributed by atoms with Crippen molar-refractivity contribution >= 4 is 11.7 Å². The highest BCUT2D eigenvalue weighted by molar-refractivity contribution is 5.95. The fourth-order valence-corrected chi connectivity index (χ4v) is 3.13. The summed E-state index contributed by atoms with van der Waals surface area (Å²) in [5.74, 6) is 0.767. The number of aromatic nitrogens is 3. The molecule has 0 aromatic carbocycles. The van der Waals surface area contributed by atoms with Crippen LogP contribution in [0, 0.1) is 6.92 Å². The highest BCUT2D eigenvalue weighted by atomic mass is 16.2. The number of amides is 1. The molecule has 1 aliphatic heterocycles. The molecule has 1 aliphatic rings. The van der Waals surface area contributed by atoms with Gasteiger partial charge in [-0.05, 0) is 51.4 Å². The third-order valence-electron chi connectivity index (χ3n) is 4.32. The molecule has 0 aliphatic carbocycles. The van der Waals surface area contributed by atoms with E-state index in [4.69, 9.17) is 0 Å². The molecule has 122 valence electrons. The lowest BCUT2D eigenvalue weighted by Crippen LogP contribution is -2.36. The van der Waals surface area contributed by atoms with Crippen molar-refractivity contribution in [2.75, 3.05) is 18.4 Å². The van der Waals surface area contributed by atoms with E-state index in [-0.39, 0.29) is 11.9 Å². The van der Waals surface area contributed by atoms with Crippen LogP contribution in [0.15, 0.2) is 30.7 Å². The zero-order chi connectivity index (χ0) is 16.2.